The standard InChI is InChI=1S/C12H13N3O/c1-2-11(16)12-13-9-15(14-12)8-10-6-4-3-5-7-10/h3-7,9H,2,8H2,1H3. The second-order valence-corrected chi connectivity index (χ2v) is 3.53. The summed E-state index contributed by atoms with van der Waals surface area (Å²) >= 11 is 0. The number of carbonyl (C=O) groups excluding carboxylic acids is 1. The number of ketones is 1. The third kappa shape index (κ3) is 2.34. The summed E-state index contributed by atoms with van der Waals surface area (Å²) in [5, 5.41) is 4.13. The van der Waals surface area contributed by atoms with Crippen molar-refractivity contribution in [2.75, 3.05) is 0 Å². The molecule has 4 nitrogen and oxygen atoms in total. The minimum absolute atomic E-state index is 0.0215. The van der Waals surface area contributed by atoms with E-state index in [0.29, 0.717) is 18.8 Å². The molecule has 0 aliphatic rings. The molecule has 0 radical (unpaired) electrons. The van der Waals surface area contributed by atoms with E-state index in [9.17, 15) is 4.79 Å². The van der Waals surface area contributed by atoms with Gasteiger partial charge in [0.25, 0.3) is 0 Å². The second kappa shape index (κ2) is 4.70. The molecule has 0 aliphatic carbocycles. The topological polar surface area (TPSA) is 47.8 Å². The van der Waals surface area contributed by atoms with Crippen LogP contribution in [0.1, 0.15) is 29.5 Å². The average Bonchev–Trinajstić information content (AvgIpc) is 2.78. The predicted molar refractivity (Wildman–Crippen MR) is 60.2 cm³/mol. The Hall–Kier alpha value is -1.97. The lowest BCUT2D eigenvalue weighted by molar-refractivity contribution is 0.0978. The maximum atomic E-state index is 11.3. The highest BCUT2D eigenvalue weighted by molar-refractivity contribution is 5.91. The van der Waals surface area contributed by atoms with Crippen LogP contribution < -0.4 is 0 Å². The van der Waals surface area contributed by atoms with Gasteiger partial charge in [0, 0.05) is 6.42 Å². The first-order valence-corrected chi connectivity index (χ1v) is 5.26. The van der Waals surface area contributed by atoms with E-state index in [2.05, 4.69) is 10.1 Å². The van der Waals surface area contributed by atoms with E-state index >= 15 is 0 Å². The third-order valence-electron chi connectivity index (χ3n) is 2.29. The summed E-state index contributed by atoms with van der Waals surface area (Å²) in [6.07, 6.45) is 2.03. The zero-order valence-electron chi connectivity index (χ0n) is 9.13. The van der Waals surface area contributed by atoms with Crippen molar-refractivity contribution in [1.82, 2.24) is 14.8 Å². The molecule has 0 aliphatic heterocycles. The average molecular weight is 215 g/mol. The van der Waals surface area contributed by atoms with Crippen LogP contribution in [0, 0.1) is 0 Å². The van der Waals surface area contributed by atoms with Crippen molar-refractivity contribution in [3.8, 4) is 0 Å². The van der Waals surface area contributed by atoms with E-state index in [4.69, 9.17) is 0 Å². The van der Waals surface area contributed by atoms with Crippen molar-refractivity contribution in [2.24, 2.45) is 0 Å². The van der Waals surface area contributed by atoms with Gasteiger partial charge in [0.15, 0.2) is 0 Å². The van der Waals surface area contributed by atoms with Crippen LogP contribution in [0.3, 0.4) is 0 Å². The SMILES string of the molecule is CCC(=O)c1ncn(Cc2ccccc2)n1. The molecule has 0 spiro atoms. The predicted octanol–water partition coefficient (Wildman–Crippen LogP) is 1.92. The smallest absolute Gasteiger partial charge is 0.217 e. The number of hydrogen-bond donors (Lipinski definition) is 0. The van der Waals surface area contributed by atoms with Crippen LogP contribution in [0.4, 0.5) is 0 Å². The highest BCUT2D eigenvalue weighted by Gasteiger charge is 2.08. The summed E-state index contributed by atoms with van der Waals surface area (Å²) in [5.41, 5.74) is 1.14. The molecule has 2 aromatic rings. The molecule has 0 atom stereocenters. The number of nitrogens with zero attached hydrogens (tertiary/aromatic N) is 3. The van der Waals surface area contributed by atoms with E-state index in [-0.39, 0.29) is 5.78 Å². The fourth-order valence-corrected chi connectivity index (χ4v) is 1.43. The number of aromatic nitrogens is 3. The molecule has 0 fully saturated rings. The summed E-state index contributed by atoms with van der Waals surface area (Å²) in [4.78, 5) is 15.3. The number of benzene rings is 1. The van der Waals surface area contributed by atoms with Crippen molar-refractivity contribution in [3.05, 3.63) is 48.0 Å². The Labute approximate surface area is 93.9 Å². The van der Waals surface area contributed by atoms with Gasteiger partial charge in [-0.1, -0.05) is 37.3 Å². The maximum Gasteiger partial charge on any atom is 0.217 e. The van der Waals surface area contributed by atoms with Crippen LogP contribution >= 0.6 is 0 Å². The Bertz CT molecular complexity index is 476. The van der Waals surface area contributed by atoms with Gasteiger partial charge < -0.3 is 0 Å². The molecule has 82 valence electrons. The van der Waals surface area contributed by atoms with E-state index < -0.39 is 0 Å². The fraction of sp³-hybridized carbons (Fsp3) is 0.250. The van der Waals surface area contributed by atoms with Crippen LogP contribution in [0.2, 0.25) is 0 Å². The molecule has 0 N–H and O–H groups in total. The maximum absolute atomic E-state index is 11.3. The zero-order valence-corrected chi connectivity index (χ0v) is 9.13. The van der Waals surface area contributed by atoms with Crippen molar-refractivity contribution in [2.45, 2.75) is 19.9 Å². The molecule has 0 unspecified atom stereocenters. The summed E-state index contributed by atoms with van der Waals surface area (Å²) in [5.74, 6) is 0.283. The molecule has 2 rings (SSSR count). The van der Waals surface area contributed by atoms with Crippen LogP contribution in [0.25, 0.3) is 0 Å². The fourth-order valence-electron chi connectivity index (χ4n) is 1.43. The quantitative estimate of drug-likeness (QED) is 0.732. The monoisotopic (exact) mass is 215 g/mol. The van der Waals surface area contributed by atoms with E-state index in [1.807, 2.05) is 30.3 Å². The molecule has 16 heavy (non-hydrogen) atoms. The highest BCUT2D eigenvalue weighted by atomic mass is 16.1. The van der Waals surface area contributed by atoms with E-state index in [1.165, 1.54) is 0 Å². The summed E-state index contributed by atoms with van der Waals surface area (Å²) in [6.45, 7) is 2.45. The highest BCUT2D eigenvalue weighted by Crippen LogP contribution is 2.02. The van der Waals surface area contributed by atoms with Gasteiger partial charge in [-0.05, 0) is 5.56 Å². The zero-order chi connectivity index (χ0) is 11.4. The van der Waals surface area contributed by atoms with Crippen molar-refractivity contribution in [3.63, 3.8) is 0 Å². The Kier molecular flexibility index (Phi) is 3.10. The van der Waals surface area contributed by atoms with Crippen LogP contribution in [0.15, 0.2) is 36.7 Å². The molecule has 0 saturated heterocycles. The first kappa shape index (κ1) is 10.5. The van der Waals surface area contributed by atoms with Gasteiger partial charge >= 0.3 is 0 Å². The number of hydrogen-bond acceptors (Lipinski definition) is 3. The Morgan fingerprint density at radius 1 is 1.31 bits per heavy atom. The molecular weight excluding hydrogens is 202 g/mol. The first-order chi connectivity index (χ1) is 7.79. The van der Waals surface area contributed by atoms with Gasteiger partial charge in [-0.2, -0.15) is 0 Å². The van der Waals surface area contributed by atoms with Gasteiger partial charge in [0.05, 0.1) is 6.54 Å². The molecule has 0 bridgehead atoms. The van der Waals surface area contributed by atoms with E-state index in [1.54, 1.807) is 17.9 Å². The van der Waals surface area contributed by atoms with Crippen LogP contribution in [-0.4, -0.2) is 20.5 Å². The minimum atomic E-state index is -0.0215. The summed E-state index contributed by atoms with van der Waals surface area (Å²) in [6, 6.07) is 9.96. The number of Topliss-reactive ketones (excluding diaryl/α,β-unsaturated/α-hetero) is 1. The second-order valence-electron chi connectivity index (χ2n) is 3.53. The third-order valence-corrected chi connectivity index (χ3v) is 2.29. The summed E-state index contributed by atoms with van der Waals surface area (Å²) < 4.78 is 1.68. The Morgan fingerprint density at radius 3 is 2.75 bits per heavy atom. The normalized spacial score (nSPS) is 10.3. The van der Waals surface area contributed by atoms with Gasteiger partial charge in [-0.25, -0.2) is 9.67 Å². The lowest BCUT2D eigenvalue weighted by Crippen LogP contribution is -2.04. The van der Waals surface area contributed by atoms with Gasteiger partial charge in [0.1, 0.15) is 6.33 Å². The van der Waals surface area contributed by atoms with Crippen LogP contribution in [-0.2, 0) is 6.54 Å². The van der Waals surface area contributed by atoms with Gasteiger partial charge in [0.2, 0.25) is 11.6 Å². The van der Waals surface area contributed by atoms with Gasteiger partial charge in [-0.3, -0.25) is 4.79 Å². The van der Waals surface area contributed by atoms with Crippen molar-refractivity contribution in [1.29, 1.82) is 0 Å². The molecule has 0 saturated carbocycles. The number of rotatable bonds is 4. The van der Waals surface area contributed by atoms with Crippen molar-refractivity contribution >= 4 is 5.78 Å². The van der Waals surface area contributed by atoms with Crippen LogP contribution in [0.5, 0.6) is 0 Å². The van der Waals surface area contributed by atoms with Crippen molar-refractivity contribution < 1.29 is 4.79 Å². The van der Waals surface area contributed by atoms with Gasteiger partial charge in [-0.15, -0.1) is 5.10 Å². The molecule has 0 amide bonds. The molecule has 1 aromatic carbocycles. The first-order valence-electron chi connectivity index (χ1n) is 5.26. The molecule has 1 aromatic heterocycles. The Morgan fingerprint density at radius 2 is 2.06 bits per heavy atom. The minimum Gasteiger partial charge on any atom is -0.291 e. The van der Waals surface area contributed by atoms with E-state index in [0.717, 1.165) is 5.56 Å². The Balaban J connectivity index is 2.12. The molecule has 4 heteroatoms. The lowest BCUT2D eigenvalue weighted by Gasteiger charge is -1.99. The summed E-state index contributed by atoms with van der Waals surface area (Å²) in [7, 11) is 0. The largest absolute Gasteiger partial charge is 0.291 e. The number of carbonyl (C=O) groups is 1. The molecule has 1 heterocycles. The molecular formula is C12H13N3O. The lowest BCUT2D eigenvalue weighted by atomic mass is 10.2.